The number of hydrogen-bond acceptors (Lipinski definition) is 5. The van der Waals surface area contributed by atoms with Crippen molar-refractivity contribution in [1.82, 2.24) is 9.55 Å². The fourth-order valence-electron chi connectivity index (χ4n) is 3.82. The molecule has 7 heteroatoms. The van der Waals surface area contributed by atoms with E-state index in [-0.39, 0.29) is 5.91 Å². The molecule has 0 atom stereocenters. The van der Waals surface area contributed by atoms with Crippen molar-refractivity contribution in [1.29, 1.82) is 0 Å². The van der Waals surface area contributed by atoms with Gasteiger partial charge in [-0.25, -0.2) is 4.98 Å². The van der Waals surface area contributed by atoms with Crippen LogP contribution >= 0.6 is 11.3 Å². The van der Waals surface area contributed by atoms with E-state index in [0.29, 0.717) is 22.5 Å². The first-order valence-corrected chi connectivity index (χ1v) is 10.9. The average molecular weight is 440 g/mol. The summed E-state index contributed by atoms with van der Waals surface area (Å²) < 4.78 is 3.09. The van der Waals surface area contributed by atoms with Crippen LogP contribution in [-0.4, -0.2) is 28.7 Å². The molecule has 0 aliphatic rings. The first-order chi connectivity index (χ1) is 15.5. The van der Waals surface area contributed by atoms with Gasteiger partial charge >= 0.3 is 0 Å². The summed E-state index contributed by atoms with van der Waals surface area (Å²) in [5.74, 6) is -0.226. The number of nitrogens with zero attached hydrogens (tertiary/aromatic N) is 3. The lowest BCUT2D eigenvalue weighted by Gasteiger charge is -2.12. The maximum Gasteiger partial charge on any atom is 0.255 e. The lowest BCUT2D eigenvalue weighted by molar-refractivity contribution is 0.102. The molecule has 0 aliphatic heterocycles. The molecule has 0 spiro atoms. The lowest BCUT2D eigenvalue weighted by Crippen LogP contribution is -2.13. The molecule has 0 aliphatic carbocycles. The minimum Gasteiger partial charge on any atom is -0.398 e. The number of carbonyl (C=O) groups is 1. The van der Waals surface area contributed by atoms with Gasteiger partial charge in [-0.2, -0.15) is 0 Å². The predicted octanol–water partition coefficient (Wildman–Crippen LogP) is 5.34. The number of aliphatic imine (C=N–C) groups is 1. The van der Waals surface area contributed by atoms with Crippen molar-refractivity contribution in [3.05, 3.63) is 78.1 Å². The smallest absolute Gasteiger partial charge is 0.255 e. The molecule has 0 fully saturated rings. The molecule has 0 saturated heterocycles. The zero-order valence-electron chi connectivity index (χ0n) is 17.7. The first-order valence-electron chi connectivity index (χ1n) is 10.1. The van der Waals surface area contributed by atoms with E-state index in [9.17, 15) is 4.79 Å². The van der Waals surface area contributed by atoms with Crippen LogP contribution < -0.4 is 11.1 Å². The Morgan fingerprint density at radius 2 is 2.00 bits per heavy atom. The van der Waals surface area contributed by atoms with Crippen molar-refractivity contribution in [2.24, 2.45) is 12.0 Å². The molecule has 3 aromatic carbocycles. The van der Waals surface area contributed by atoms with Crippen LogP contribution in [0.15, 0.2) is 72.0 Å². The van der Waals surface area contributed by atoms with Crippen molar-refractivity contribution in [2.45, 2.75) is 0 Å². The Morgan fingerprint density at radius 3 is 2.81 bits per heavy atom. The molecule has 5 rings (SSSR count). The summed E-state index contributed by atoms with van der Waals surface area (Å²) in [5.41, 5.74) is 11.5. The monoisotopic (exact) mass is 439 g/mol. The number of anilines is 2. The van der Waals surface area contributed by atoms with Gasteiger partial charge in [-0.05, 0) is 41.8 Å². The molecule has 2 heterocycles. The standard InChI is InChI=1S/C25H21N5OS/c1-27-13-17-10-16(25(31)29-19-7-5-8-20-24(19)28-14-30(20)2)11-18(23(17)26)22-12-15-6-3-4-9-21(15)32-22/h3-14H,26H2,1-2H3,(H,29,31). The van der Waals surface area contributed by atoms with Crippen molar-refractivity contribution in [3.63, 3.8) is 0 Å². The number of aryl methyl sites for hydroxylation is 1. The second-order valence-corrected chi connectivity index (χ2v) is 8.63. The highest BCUT2D eigenvalue weighted by atomic mass is 32.1. The topological polar surface area (TPSA) is 85.3 Å². The zero-order valence-corrected chi connectivity index (χ0v) is 18.5. The summed E-state index contributed by atoms with van der Waals surface area (Å²) in [4.78, 5) is 22.8. The SMILES string of the molecule is CN=Cc1cc(C(=O)Nc2cccc3c2ncn3C)cc(-c2cc3ccccc3s2)c1N. The minimum atomic E-state index is -0.226. The summed E-state index contributed by atoms with van der Waals surface area (Å²) in [5, 5.41) is 4.16. The summed E-state index contributed by atoms with van der Waals surface area (Å²) in [6.07, 6.45) is 3.42. The van der Waals surface area contributed by atoms with Gasteiger partial charge < -0.3 is 15.6 Å². The van der Waals surface area contributed by atoms with Gasteiger partial charge in [0, 0.05) is 52.3 Å². The van der Waals surface area contributed by atoms with Gasteiger partial charge in [-0.3, -0.25) is 9.79 Å². The van der Waals surface area contributed by atoms with E-state index in [0.717, 1.165) is 26.9 Å². The number of imidazole rings is 1. The van der Waals surface area contributed by atoms with E-state index in [4.69, 9.17) is 5.73 Å². The minimum absolute atomic E-state index is 0.226. The largest absolute Gasteiger partial charge is 0.398 e. The Hall–Kier alpha value is -3.97. The summed E-state index contributed by atoms with van der Waals surface area (Å²) in [6.45, 7) is 0. The van der Waals surface area contributed by atoms with Crippen LogP contribution in [0.5, 0.6) is 0 Å². The van der Waals surface area contributed by atoms with E-state index in [1.165, 1.54) is 4.70 Å². The Labute approximate surface area is 189 Å². The number of aromatic nitrogens is 2. The summed E-state index contributed by atoms with van der Waals surface area (Å²) in [6, 6.07) is 19.6. The highest BCUT2D eigenvalue weighted by Crippen LogP contribution is 2.38. The number of rotatable bonds is 4. The van der Waals surface area contributed by atoms with E-state index in [1.807, 2.05) is 48.0 Å². The zero-order chi connectivity index (χ0) is 22.2. The molecule has 0 bridgehead atoms. The normalized spacial score (nSPS) is 11.6. The van der Waals surface area contributed by atoms with Crippen LogP contribution in [0.2, 0.25) is 0 Å². The fraction of sp³-hybridized carbons (Fsp3) is 0.0800. The number of para-hydroxylation sites is 1. The molecule has 6 nitrogen and oxygen atoms in total. The van der Waals surface area contributed by atoms with Crippen LogP contribution in [0, 0.1) is 0 Å². The third-order valence-electron chi connectivity index (χ3n) is 5.44. The van der Waals surface area contributed by atoms with E-state index in [2.05, 4.69) is 33.5 Å². The number of thiophene rings is 1. The van der Waals surface area contributed by atoms with Gasteiger partial charge in [-0.15, -0.1) is 11.3 Å². The van der Waals surface area contributed by atoms with Gasteiger partial charge in [-0.1, -0.05) is 24.3 Å². The first kappa shape index (κ1) is 20.0. The molecule has 2 aromatic heterocycles. The average Bonchev–Trinajstić information content (AvgIpc) is 3.39. The molecule has 1 amide bonds. The van der Waals surface area contributed by atoms with E-state index >= 15 is 0 Å². The molecule has 158 valence electrons. The molecular weight excluding hydrogens is 418 g/mol. The Balaban J connectivity index is 1.59. The summed E-state index contributed by atoms with van der Waals surface area (Å²) in [7, 11) is 3.61. The number of nitrogens with two attached hydrogens (primary N) is 1. The van der Waals surface area contributed by atoms with Crippen LogP contribution in [0.3, 0.4) is 0 Å². The van der Waals surface area contributed by atoms with Gasteiger partial charge in [0.1, 0.15) is 5.52 Å². The highest BCUT2D eigenvalue weighted by Gasteiger charge is 2.17. The molecule has 0 saturated carbocycles. The number of fused-ring (bicyclic) bond motifs is 2. The molecule has 0 unspecified atom stereocenters. The van der Waals surface area contributed by atoms with Crippen LogP contribution in [-0.2, 0) is 7.05 Å². The van der Waals surface area contributed by atoms with Crippen LogP contribution in [0.4, 0.5) is 11.4 Å². The quantitative estimate of drug-likeness (QED) is 0.293. The number of nitrogens with one attached hydrogen (secondary N) is 1. The van der Waals surface area contributed by atoms with E-state index in [1.54, 1.807) is 37.0 Å². The second-order valence-electron chi connectivity index (χ2n) is 7.55. The van der Waals surface area contributed by atoms with Crippen LogP contribution in [0.25, 0.3) is 31.6 Å². The molecule has 32 heavy (non-hydrogen) atoms. The van der Waals surface area contributed by atoms with Crippen molar-refractivity contribution >= 4 is 56.0 Å². The molecule has 0 radical (unpaired) electrons. The maximum absolute atomic E-state index is 13.3. The lowest BCUT2D eigenvalue weighted by atomic mass is 10.0. The van der Waals surface area contributed by atoms with Crippen molar-refractivity contribution in [2.75, 3.05) is 18.1 Å². The Bertz CT molecular complexity index is 1480. The van der Waals surface area contributed by atoms with Crippen LogP contribution in [0.1, 0.15) is 15.9 Å². The van der Waals surface area contributed by atoms with Crippen molar-refractivity contribution < 1.29 is 4.79 Å². The number of amides is 1. The van der Waals surface area contributed by atoms with Gasteiger partial charge in [0.05, 0.1) is 17.5 Å². The summed E-state index contributed by atoms with van der Waals surface area (Å²) >= 11 is 1.65. The highest BCUT2D eigenvalue weighted by molar-refractivity contribution is 7.22. The predicted molar refractivity (Wildman–Crippen MR) is 134 cm³/mol. The van der Waals surface area contributed by atoms with Gasteiger partial charge in [0.25, 0.3) is 5.91 Å². The molecule has 5 aromatic rings. The fourth-order valence-corrected chi connectivity index (χ4v) is 4.92. The third kappa shape index (κ3) is 3.42. The Morgan fingerprint density at radius 1 is 1.16 bits per heavy atom. The van der Waals surface area contributed by atoms with Crippen molar-refractivity contribution in [3.8, 4) is 10.4 Å². The number of benzene rings is 3. The number of nitrogen functional groups attached to an aromatic ring is 1. The number of hydrogen-bond donors (Lipinski definition) is 2. The Kier molecular flexibility index (Phi) is 4.95. The number of carbonyl (C=O) groups excluding carboxylic acids is 1. The van der Waals surface area contributed by atoms with E-state index < -0.39 is 0 Å². The second kappa shape index (κ2) is 7.94. The van der Waals surface area contributed by atoms with Gasteiger partial charge in [0.15, 0.2) is 0 Å². The molecular formula is C25H21N5OS. The van der Waals surface area contributed by atoms with Gasteiger partial charge in [0.2, 0.25) is 0 Å². The molecule has 3 N–H and O–H groups in total. The third-order valence-corrected chi connectivity index (χ3v) is 6.59. The maximum atomic E-state index is 13.3.